The van der Waals surface area contributed by atoms with Gasteiger partial charge in [0.05, 0.1) is 11.1 Å². The van der Waals surface area contributed by atoms with Crippen molar-refractivity contribution in [2.24, 2.45) is 0 Å². The Hall–Kier alpha value is -4.08. The molecule has 0 spiro atoms. The minimum atomic E-state index is -1.08. The molecule has 8 nitrogen and oxygen atoms in total. The van der Waals surface area contributed by atoms with Crippen LogP contribution in [0.15, 0.2) is 33.9 Å². The van der Waals surface area contributed by atoms with Crippen LogP contribution in [0.5, 0.6) is 11.5 Å². The van der Waals surface area contributed by atoms with Gasteiger partial charge in [-0.25, -0.2) is 26.9 Å². The smallest absolute Gasteiger partial charge is 0.276 e. The molecule has 0 saturated carbocycles. The lowest BCUT2D eigenvalue weighted by molar-refractivity contribution is 0.265. The first-order valence-electron chi connectivity index (χ1n) is 13.7. The summed E-state index contributed by atoms with van der Waals surface area (Å²) in [7, 11) is 0. The molecule has 2 aromatic heterocycles. The zero-order valence-electron chi connectivity index (χ0n) is 23.3. The third-order valence-corrected chi connectivity index (χ3v) is 8.23. The Bertz CT molecular complexity index is 1920. The number of benzene rings is 2. The van der Waals surface area contributed by atoms with E-state index in [0.29, 0.717) is 38.3 Å². The maximum atomic E-state index is 14.3. The van der Waals surface area contributed by atoms with E-state index in [-0.39, 0.29) is 38.3 Å². The van der Waals surface area contributed by atoms with Crippen LogP contribution in [0.2, 0.25) is 10.3 Å². The van der Waals surface area contributed by atoms with Crippen molar-refractivity contribution in [1.82, 2.24) is 18.7 Å². The highest BCUT2D eigenvalue weighted by atomic mass is 35.5. The number of hydrogen-bond acceptors (Lipinski definition) is 4. The Labute approximate surface area is 258 Å². The van der Waals surface area contributed by atoms with Crippen molar-refractivity contribution < 1.29 is 27.4 Å². The number of halogens is 6. The average Bonchev–Trinajstić information content (AvgIpc) is 3.41. The maximum Gasteiger partial charge on any atom is 0.276 e. The molecule has 0 bridgehead atoms. The average molecular weight is 653 g/mol. The van der Waals surface area contributed by atoms with E-state index in [0.717, 1.165) is 37.8 Å². The molecule has 0 fully saturated rings. The standard InChI is InChI=1S/C17H15ClF2N2O2.C13H11ClF2N2O2/c1-3-10(2)24-14-8-11(12(19)9-13(14)20)15-16(18)21-6-4-5-7-22(21)17(15)23;14-12-11(7-5-10(19)9(16)6-8(7)15)13(20)18-4-2-1-3-17(12)18/h1,8-10H,4-7H2,2H3;5-6,19H,1-4H2. The van der Waals surface area contributed by atoms with Crippen LogP contribution >= 0.6 is 23.2 Å². The molecule has 1 unspecified atom stereocenters. The number of fused-ring (bicyclic) bond motifs is 2. The van der Waals surface area contributed by atoms with Crippen molar-refractivity contribution in [1.29, 1.82) is 0 Å². The summed E-state index contributed by atoms with van der Waals surface area (Å²) in [6, 6.07) is 3.24. The Balaban J connectivity index is 0.000000177. The summed E-state index contributed by atoms with van der Waals surface area (Å²) in [6.07, 6.45) is 7.97. The monoisotopic (exact) mass is 652 g/mol. The molecule has 6 rings (SSSR count). The molecule has 4 aromatic rings. The van der Waals surface area contributed by atoms with E-state index in [9.17, 15) is 32.3 Å². The Morgan fingerprint density at radius 3 is 1.64 bits per heavy atom. The van der Waals surface area contributed by atoms with Gasteiger partial charge in [0.15, 0.2) is 29.2 Å². The van der Waals surface area contributed by atoms with Crippen LogP contribution in [0.3, 0.4) is 0 Å². The third-order valence-electron chi connectivity index (χ3n) is 7.46. The second-order valence-corrected chi connectivity index (χ2v) is 11.0. The normalized spacial score (nSPS) is 14.6. The topological polar surface area (TPSA) is 83.3 Å². The molecule has 0 amide bonds. The minimum absolute atomic E-state index is 0.00859. The quantitative estimate of drug-likeness (QED) is 0.211. The molecule has 0 radical (unpaired) electrons. The number of phenolic OH excluding ortho intramolecular Hbond substituents is 1. The molecular formula is C30H26Cl2F4N4O4. The van der Waals surface area contributed by atoms with Crippen LogP contribution in [0.4, 0.5) is 17.6 Å². The second-order valence-electron chi connectivity index (χ2n) is 10.3. The van der Waals surface area contributed by atoms with Crippen molar-refractivity contribution in [3.8, 4) is 46.1 Å². The van der Waals surface area contributed by atoms with E-state index in [1.165, 1.54) is 9.36 Å². The number of aromatic hydroxyl groups is 1. The maximum absolute atomic E-state index is 14.3. The molecule has 2 aromatic carbocycles. The van der Waals surface area contributed by atoms with E-state index >= 15 is 0 Å². The van der Waals surface area contributed by atoms with Crippen LogP contribution in [-0.2, 0) is 26.2 Å². The molecule has 0 aliphatic carbocycles. The number of aromatic nitrogens is 4. The highest BCUT2D eigenvalue weighted by Crippen LogP contribution is 2.34. The van der Waals surface area contributed by atoms with Gasteiger partial charge in [0, 0.05) is 49.4 Å². The minimum Gasteiger partial charge on any atom is -0.505 e. The number of hydrogen-bond donors (Lipinski definition) is 1. The van der Waals surface area contributed by atoms with E-state index < -0.39 is 46.2 Å². The number of rotatable bonds is 4. The fraction of sp³-hybridized carbons (Fsp3) is 0.333. The van der Waals surface area contributed by atoms with Crippen molar-refractivity contribution in [2.75, 3.05) is 0 Å². The van der Waals surface area contributed by atoms with Crippen LogP contribution < -0.4 is 15.9 Å². The number of phenols is 1. The van der Waals surface area contributed by atoms with Gasteiger partial charge in [-0.1, -0.05) is 29.1 Å². The summed E-state index contributed by atoms with van der Waals surface area (Å²) < 4.78 is 66.6. The van der Waals surface area contributed by atoms with Gasteiger partial charge < -0.3 is 9.84 Å². The van der Waals surface area contributed by atoms with Crippen LogP contribution in [0, 0.1) is 35.6 Å². The van der Waals surface area contributed by atoms with Gasteiger partial charge in [-0.15, -0.1) is 6.42 Å². The Morgan fingerprint density at radius 1 is 0.750 bits per heavy atom. The molecule has 0 saturated heterocycles. The molecule has 2 aliphatic heterocycles. The molecule has 232 valence electrons. The summed E-state index contributed by atoms with van der Waals surface area (Å²) >= 11 is 12.4. The highest BCUT2D eigenvalue weighted by Gasteiger charge is 2.27. The van der Waals surface area contributed by atoms with E-state index in [2.05, 4.69) is 5.92 Å². The lowest BCUT2D eigenvalue weighted by Crippen LogP contribution is -2.27. The summed E-state index contributed by atoms with van der Waals surface area (Å²) in [6.45, 7) is 3.73. The van der Waals surface area contributed by atoms with Gasteiger partial charge in [-0.2, -0.15) is 0 Å². The van der Waals surface area contributed by atoms with Crippen LogP contribution in [0.25, 0.3) is 22.3 Å². The first kappa shape index (κ1) is 31.3. The second kappa shape index (κ2) is 12.5. The van der Waals surface area contributed by atoms with Crippen molar-refractivity contribution >= 4 is 23.2 Å². The number of terminal acetylenes is 1. The third kappa shape index (κ3) is 5.62. The van der Waals surface area contributed by atoms with Gasteiger partial charge >= 0.3 is 0 Å². The van der Waals surface area contributed by atoms with Crippen molar-refractivity contribution in [2.45, 2.75) is 64.9 Å². The zero-order valence-corrected chi connectivity index (χ0v) is 24.9. The lowest BCUT2D eigenvalue weighted by atomic mass is 10.1. The molecule has 2 aliphatic rings. The molecule has 44 heavy (non-hydrogen) atoms. The first-order valence-corrected chi connectivity index (χ1v) is 14.5. The zero-order chi connectivity index (χ0) is 31.9. The molecule has 1 N–H and O–H groups in total. The highest BCUT2D eigenvalue weighted by molar-refractivity contribution is 6.32. The molecular weight excluding hydrogens is 627 g/mol. The summed E-state index contributed by atoms with van der Waals surface area (Å²) in [5.41, 5.74) is -1.15. The predicted octanol–water partition coefficient (Wildman–Crippen LogP) is 6.19. The number of nitrogens with zero attached hydrogens (tertiary/aromatic N) is 4. The Kier molecular flexibility index (Phi) is 8.90. The first-order chi connectivity index (χ1) is 20.9. The summed E-state index contributed by atoms with van der Waals surface area (Å²) in [5.74, 6) is -2.41. The largest absolute Gasteiger partial charge is 0.505 e. The SMILES string of the molecule is C#CC(C)Oc1cc(-c2c(Cl)n3n(c2=O)CCCC3)c(F)cc1F.O=c1c(-c2cc(O)c(F)cc2F)c(Cl)n2n1CCCC2. The van der Waals surface area contributed by atoms with E-state index in [4.69, 9.17) is 34.4 Å². The van der Waals surface area contributed by atoms with Gasteiger partial charge in [0.2, 0.25) is 0 Å². The van der Waals surface area contributed by atoms with Crippen molar-refractivity contribution in [3.63, 3.8) is 0 Å². The van der Waals surface area contributed by atoms with Gasteiger partial charge in [-0.05, 0) is 44.7 Å². The summed E-state index contributed by atoms with van der Waals surface area (Å²) in [4.78, 5) is 24.9. The molecule has 4 heterocycles. The van der Waals surface area contributed by atoms with Gasteiger partial charge in [0.25, 0.3) is 11.1 Å². The predicted molar refractivity (Wildman–Crippen MR) is 157 cm³/mol. The number of ether oxygens (including phenoxy) is 1. The van der Waals surface area contributed by atoms with Crippen LogP contribution in [-0.4, -0.2) is 29.9 Å². The fourth-order valence-electron chi connectivity index (χ4n) is 5.27. The summed E-state index contributed by atoms with van der Waals surface area (Å²) in [5, 5.41) is 9.62. The van der Waals surface area contributed by atoms with Gasteiger partial charge in [0.1, 0.15) is 21.9 Å². The van der Waals surface area contributed by atoms with Gasteiger partial charge in [-0.3, -0.25) is 19.0 Å². The molecule has 14 heteroatoms. The van der Waals surface area contributed by atoms with Crippen molar-refractivity contribution in [3.05, 3.63) is 78.5 Å². The lowest BCUT2D eigenvalue weighted by Gasteiger charge is -2.17. The fourth-order valence-corrected chi connectivity index (χ4v) is 5.99. The van der Waals surface area contributed by atoms with E-state index in [1.807, 2.05) is 0 Å². The van der Waals surface area contributed by atoms with Crippen LogP contribution in [0.1, 0.15) is 32.6 Å². The van der Waals surface area contributed by atoms with E-state index in [1.54, 1.807) is 16.3 Å². The molecule has 1 atom stereocenters. The Morgan fingerprint density at radius 2 is 1.18 bits per heavy atom.